The van der Waals surface area contributed by atoms with Gasteiger partial charge in [0.05, 0.1) is 17.9 Å². The number of nitrogens with zero attached hydrogens (tertiary/aromatic N) is 3. The van der Waals surface area contributed by atoms with Crippen LogP contribution in [-0.2, 0) is 17.9 Å². The number of carboxylic acid groups (broad SMARTS) is 1. The third-order valence-corrected chi connectivity index (χ3v) is 4.50. The van der Waals surface area contributed by atoms with Gasteiger partial charge < -0.3 is 9.84 Å². The number of rotatable bonds is 8. The Morgan fingerprint density at radius 2 is 1.97 bits per heavy atom. The summed E-state index contributed by atoms with van der Waals surface area (Å²) in [7, 11) is 0. The Kier molecular flexibility index (Phi) is 6.50. The highest BCUT2D eigenvalue weighted by molar-refractivity contribution is 5.75. The van der Waals surface area contributed by atoms with Gasteiger partial charge in [0, 0.05) is 6.54 Å². The number of benzene rings is 2. The molecule has 0 aliphatic carbocycles. The molecule has 3 aromatic rings. The Hall–Kier alpha value is -3.33. The van der Waals surface area contributed by atoms with Crippen LogP contribution in [0.4, 0.5) is 0 Å². The van der Waals surface area contributed by atoms with Crippen molar-refractivity contribution in [2.45, 2.75) is 46.3 Å². The van der Waals surface area contributed by atoms with Crippen molar-refractivity contribution in [2.24, 2.45) is 5.92 Å². The average molecular weight is 391 g/mol. The van der Waals surface area contributed by atoms with Gasteiger partial charge in [-0.1, -0.05) is 43.2 Å². The first-order chi connectivity index (χ1) is 14.0. The van der Waals surface area contributed by atoms with E-state index < -0.39 is 5.97 Å². The number of fused-ring (bicyclic) bond motifs is 1. The predicted octanol–water partition coefficient (Wildman–Crippen LogP) is 4.25. The Morgan fingerprint density at radius 1 is 1.21 bits per heavy atom. The molecule has 0 aliphatic rings. The second-order valence-electron chi connectivity index (χ2n) is 7.39. The number of carboxylic acids is 1. The molecule has 0 saturated heterocycles. The van der Waals surface area contributed by atoms with E-state index in [0.717, 1.165) is 34.5 Å². The van der Waals surface area contributed by atoms with Crippen molar-refractivity contribution in [3.05, 3.63) is 53.6 Å². The van der Waals surface area contributed by atoms with E-state index in [4.69, 9.17) is 9.84 Å². The van der Waals surface area contributed by atoms with Crippen molar-refractivity contribution in [2.75, 3.05) is 0 Å². The minimum Gasteiger partial charge on any atom is -0.489 e. The van der Waals surface area contributed by atoms with Crippen LogP contribution in [0.3, 0.4) is 0 Å². The van der Waals surface area contributed by atoms with Crippen LogP contribution in [0.15, 0.2) is 42.5 Å². The summed E-state index contributed by atoms with van der Waals surface area (Å²) in [4.78, 5) is 11.0. The number of hydrogen-bond acceptors (Lipinski definition) is 4. The summed E-state index contributed by atoms with van der Waals surface area (Å²) in [6.45, 7) is 7.26. The maximum Gasteiger partial charge on any atom is 0.304 e. The average Bonchev–Trinajstić information content (AvgIpc) is 3.08. The molecule has 3 rings (SSSR count). The predicted molar refractivity (Wildman–Crippen MR) is 112 cm³/mol. The van der Waals surface area contributed by atoms with E-state index >= 15 is 0 Å². The van der Waals surface area contributed by atoms with Gasteiger partial charge in [0.25, 0.3) is 0 Å². The fourth-order valence-corrected chi connectivity index (χ4v) is 3.15. The molecule has 0 saturated carbocycles. The molecule has 29 heavy (non-hydrogen) atoms. The molecule has 150 valence electrons. The van der Waals surface area contributed by atoms with Crippen molar-refractivity contribution < 1.29 is 14.6 Å². The number of aliphatic carboxylic acids is 1. The highest BCUT2D eigenvalue weighted by Crippen LogP contribution is 2.23. The summed E-state index contributed by atoms with van der Waals surface area (Å²) in [6.07, 6.45) is -0.0147. The molecule has 2 aromatic carbocycles. The summed E-state index contributed by atoms with van der Waals surface area (Å²) >= 11 is 0. The Labute approximate surface area is 170 Å². The molecule has 1 heterocycles. The monoisotopic (exact) mass is 391 g/mol. The van der Waals surface area contributed by atoms with Crippen molar-refractivity contribution >= 4 is 17.0 Å². The van der Waals surface area contributed by atoms with Gasteiger partial charge in [0.2, 0.25) is 0 Å². The van der Waals surface area contributed by atoms with Gasteiger partial charge in [-0.25, -0.2) is 4.68 Å². The van der Waals surface area contributed by atoms with Crippen molar-refractivity contribution in [3.63, 3.8) is 0 Å². The van der Waals surface area contributed by atoms with Crippen LogP contribution in [0.2, 0.25) is 0 Å². The van der Waals surface area contributed by atoms with Crippen molar-refractivity contribution in [3.8, 4) is 17.6 Å². The summed E-state index contributed by atoms with van der Waals surface area (Å²) in [5.41, 5.74) is 3.79. The molecular formula is C23H25N3O3. The van der Waals surface area contributed by atoms with Crippen LogP contribution in [-0.4, -0.2) is 26.1 Å². The lowest BCUT2D eigenvalue weighted by molar-refractivity contribution is -0.137. The summed E-state index contributed by atoms with van der Waals surface area (Å²) in [5.74, 6) is 5.79. The lowest BCUT2D eigenvalue weighted by Gasteiger charge is -2.11. The van der Waals surface area contributed by atoms with Crippen molar-refractivity contribution in [1.82, 2.24) is 15.0 Å². The van der Waals surface area contributed by atoms with Crippen LogP contribution in [0.5, 0.6) is 5.75 Å². The van der Waals surface area contributed by atoms with E-state index in [1.165, 1.54) is 0 Å². The first-order valence-electron chi connectivity index (χ1n) is 9.65. The molecule has 0 aliphatic heterocycles. The molecule has 6 heteroatoms. The molecule has 0 spiro atoms. The Morgan fingerprint density at radius 3 is 2.62 bits per heavy atom. The summed E-state index contributed by atoms with van der Waals surface area (Å²) < 4.78 is 7.84. The molecular weight excluding hydrogens is 366 g/mol. The van der Waals surface area contributed by atoms with Gasteiger partial charge in [0.15, 0.2) is 0 Å². The van der Waals surface area contributed by atoms with Crippen LogP contribution in [0, 0.1) is 17.8 Å². The normalized spacial score (nSPS) is 11.9. The Balaban J connectivity index is 1.69. The van der Waals surface area contributed by atoms with E-state index in [-0.39, 0.29) is 12.3 Å². The van der Waals surface area contributed by atoms with Gasteiger partial charge in [-0.3, -0.25) is 4.79 Å². The van der Waals surface area contributed by atoms with E-state index in [0.29, 0.717) is 12.5 Å². The minimum absolute atomic E-state index is 0.0147. The zero-order valence-corrected chi connectivity index (χ0v) is 16.9. The molecule has 1 N–H and O–H groups in total. The number of hydrogen-bond donors (Lipinski definition) is 1. The summed E-state index contributed by atoms with van der Waals surface area (Å²) in [6, 6.07) is 13.5. The zero-order chi connectivity index (χ0) is 20.8. The largest absolute Gasteiger partial charge is 0.489 e. The molecule has 1 unspecified atom stereocenters. The maximum atomic E-state index is 11.0. The van der Waals surface area contributed by atoms with Crippen molar-refractivity contribution in [1.29, 1.82) is 0 Å². The van der Waals surface area contributed by atoms with Gasteiger partial charge in [-0.15, -0.1) is 11.0 Å². The molecule has 0 fully saturated rings. The molecule has 0 radical (unpaired) electrons. The first kappa shape index (κ1) is 20.4. The second kappa shape index (κ2) is 9.24. The maximum absolute atomic E-state index is 11.0. The van der Waals surface area contributed by atoms with Gasteiger partial charge >= 0.3 is 5.97 Å². The molecule has 1 atom stereocenters. The SMILES string of the molecule is CC#CC(CC(=O)O)c1ccc(OCc2ccc3nnn(CC(C)C)c3c2)cc1. The Bertz CT molecular complexity index is 1040. The fraction of sp³-hybridized carbons (Fsp3) is 0.348. The number of aromatic nitrogens is 3. The van der Waals surface area contributed by atoms with E-state index in [1.807, 2.05) is 41.1 Å². The molecule has 1 aromatic heterocycles. The lowest BCUT2D eigenvalue weighted by Crippen LogP contribution is -2.06. The van der Waals surface area contributed by atoms with E-state index in [2.05, 4.69) is 42.1 Å². The molecule has 6 nitrogen and oxygen atoms in total. The van der Waals surface area contributed by atoms with Crippen LogP contribution in [0.1, 0.15) is 44.2 Å². The summed E-state index contributed by atoms with van der Waals surface area (Å²) in [5, 5.41) is 17.5. The molecule has 0 bridgehead atoms. The topological polar surface area (TPSA) is 77.2 Å². The van der Waals surface area contributed by atoms with Crippen LogP contribution >= 0.6 is 0 Å². The van der Waals surface area contributed by atoms with Crippen LogP contribution in [0.25, 0.3) is 11.0 Å². The first-order valence-corrected chi connectivity index (χ1v) is 9.65. The van der Waals surface area contributed by atoms with Gasteiger partial charge in [-0.05, 0) is 48.2 Å². The zero-order valence-electron chi connectivity index (χ0n) is 16.9. The third-order valence-electron chi connectivity index (χ3n) is 4.50. The van der Waals surface area contributed by atoms with E-state index in [1.54, 1.807) is 6.92 Å². The van der Waals surface area contributed by atoms with E-state index in [9.17, 15) is 4.79 Å². The minimum atomic E-state index is -0.861. The quantitative estimate of drug-likeness (QED) is 0.581. The standard InChI is InChI=1S/C23H25N3O3/c1-4-5-19(13-23(27)28)18-7-9-20(10-8-18)29-15-17-6-11-21-22(12-17)26(25-24-21)14-16(2)3/h6-12,16,19H,13-15H2,1-3H3,(H,27,28). The van der Waals surface area contributed by atoms with Gasteiger partial charge in [-0.2, -0.15) is 0 Å². The number of carbonyl (C=O) groups is 1. The molecule has 0 amide bonds. The van der Waals surface area contributed by atoms with Gasteiger partial charge in [0.1, 0.15) is 17.9 Å². The fourth-order valence-electron chi connectivity index (χ4n) is 3.15. The highest BCUT2D eigenvalue weighted by Gasteiger charge is 2.13. The highest BCUT2D eigenvalue weighted by atomic mass is 16.5. The third kappa shape index (κ3) is 5.35. The lowest BCUT2D eigenvalue weighted by atomic mass is 9.96. The smallest absolute Gasteiger partial charge is 0.304 e. The van der Waals surface area contributed by atoms with Crippen LogP contribution < -0.4 is 4.74 Å². The number of ether oxygens (including phenoxy) is 1. The second-order valence-corrected chi connectivity index (χ2v) is 7.39.